The molecular weight excluding hydrogens is 473 g/mol. The molecule has 1 aliphatic rings. The van der Waals surface area contributed by atoms with E-state index in [-0.39, 0.29) is 23.3 Å². The number of anilines is 1. The van der Waals surface area contributed by atoms with Crippen LogP contribution in [0.4, 0.5) is 10.3 Å². The zero-order valence-electron chi connectivity index (χ0n) is 19.6. The van der Waals surface area contributed by atoms with Gasteiger partial charge >= 0.3 is 0 Å². The van der Waals surface area contributed by atoms with Gasteiger partial charge in [-0.1, -0.05) is 18.2 Å². The first-order chi connectivity index (χ1) is 18.1. The predicted molar refractivity (Wildman–Crippen MR) is 134 cm³/mol. The third-order valence-corrected chi connectivity index (χ3v) is 6.39. The topological polar surface area (TPSA) is 99.4 Å². The molecule has 4 heterocycles. The van der Waals surface area contributed by atoms with E-state index in [9.17, 15) is 14.4 Å². The van der Waals surface area contributed by atoms with Crippen LogP contribution in [0.25, 0.3) is 33.8 Å². The minimum Gasteiger partial charge on any atom is -0.459 e. The molecule has 0 aliphatic carbocycles. The van der Waals surface area contributed by atoms with Gasteiger partial charge in [0.1, 0.15) is 11.9 Å². The second-order valence-corrected chi connectivity index (χ2v) is 8.62. The fourth-order valence-electron chi connectivity index (χ4n) is 4.51. The van der Waals surface area contributed by atoms with Crippen LogP contribution in [-0.2, 0) is 0 Å². The van der Waals surface area contributed by atoms with E-state index < -0.39 is 0 Å². The summed E-state index contributed by atoms with van der Waals surface area (Å²) in [6.45, 7) is 1.81. The number of benzene rings is 2. The largest absolute Gasteiger partial charge is 0.459 e. The number of carbonyl (C=O) groups excluding carboxylic acids is 1. The van der Waals surface area contributed by atoms with Crippen LogP contribution >= 0.6 is 0 Å². The molecule has 37 heavy (non-hydrogen) atoms. The van der Waals surface area contributed by atoms with Crippen molar-refractivity contribution in [1.29, 1.82) is 5.26 Å². The lowest BCUT2D eigenvalue weighted by atomic mass is 10.0. The van der Waals surface area contributed by atoms with Crippen LogP contribution in [0.1, 0.15) is 16.1 Å². The molecule has 182 valence electrons. The summed E-state index contributed by atoms with van der Waals surface area (Å²) in [5.41, 5.74) is 2.74. The molecule has 2 aromatic carbocycles. The molecule has 0 unspecified atom stereocenters. The lowest BCUT2D eigenvalue weighted by molar-refractivity contribution is 0.0747. The monoisotopic (exact) mass is 493 g/mol. The first-order valence-corrected chi connectivity index (χ1v) is 11.8. The number of hydrogen-bond acceptors (Lipinski definition) is 7. The van der Waals surface area contributed by atoms with Gasteiger partial charge in [-0.05, 0) is 48.5 Å². The van der Waals surface area contributed by atoms with E-state index in [1.165, 1.54) is 18.4 Å². The Labute approximate surface area is 211 Å². The van der Waals surface area contributed by atoms with E-state index >= 15 is 0 Å². The molecule has 1 aliphatic heterocycles. The van der Waals surface area contributed by atoms with Gasteiger partial charge in [-0.2, -0.15) is 10.2 Å². The molecule has 1 saturated heterocycles. The Kier molecular flexibility index (Phi) is 5.62. The summed E-state index contributed by atoms with van der Waals surface area (Å²) in [5.74, 6) is 0.607. The highest BCUT2D eigenvalue weighted by Gasteiger charge is 2.28. The first kappa shape index (κ1) is 22.5. The number of nitriles is 1. The van der Waals surface area contributed by atoms with E-state index in [1.807, 2.05) is 29.2 Å². The average molecular weight is 493 g/mol. The number of fused-ring (bicyclic) bond motifs is 1. The quantitative estimate of drug-likeness (QED) is 0.342. The molecular formula is C28H20FN5O3. The zero-order chi connectivity index (χ0) is 25.4. The van der Waals surface area contributed by atoms with Crippen LogP contribution in [0.5, 0.6) is 0 Å². The van der Waals surface area contributed by atoms with Crippen molar-refractivity contribution in [2.45, 2.75) is 0 Å². The second kappa shape index (κ2) is 9.24. The fourth-order valence-corrected chi connectivity index (χ4v) is 4.51. The third kappa shape index (κ3) is 4.19. The molecule has 0 spiro atoms. The number of carbonyl (C=O) groups is 1. The SMILES string of the molecule is N#Cc1nc(-c2ccco2)oc1N1CCN(C(=O)c2cc(-c3ccc(F)cc3)nc3ccccc23)CC1. The Morgan fingerprint density at radius 2 is 1.76 bits per heavy atom. The van der Waals surface area contributed by atoms with E-state index in [0.717, 1.165) is 10.9 Å². The summed E-state index contributed by atoms with van der Waals surface area (Å²) < 4.78 is 24.7. The number of hydrogen-bond donors (Lipinski definition) is 0. The standard InChI is InChI=1S/C28H20FN5O3/c29-19-9-7-18(8-10-19)23-16-21(20-4-1-2-5-22(20)31-23)27(35)33-11-13-34(14-12-33)28-24(17-30)32-26(37-28)25-6-3-15-36-25/h1-10,15-16H,11-14H2. The maximum absolute atomic E-state index is 13.7. The Morgan fingerprint density at radius 1 is 0.973 bits per heavy atom. The first-order valence-electron chi connectivity index (χ1n) is 11.8. The predicted octanol–water partition coefficient (Wildman–Crippen LogP) is 5.12. The summed E-state index contributed by atoms with van der Waals surface area (Å²) in [4.78, 5) is 26.3. The summed E-state index contributed by atoms with van der Waals surface area (Å²) in [5, 5.41) is 10.3. The normalized spacial score (nSPS) is 13.6. The van der Waals surface area contributed by atoms with Crippen LogP contribution < -0.4 is 4.90 Å². The molecule has 5 aromatic rings. The van der Waals surface area contributed by atoms with Gasteiger partial charge < -0.3 is 18.6 Å². The van der Waals surface area contributed by atoms with Gasteiger partial charge in [0.15, 0.2) is 5.76 Å². The molecule has 0 bridgehead atoms. The van der Waals surface area contributed by atoms with E-state index in [4.69, 9.17) is 13.8 Å². The maximum Gasteiger partial charge on any atom is 0.266 e. The molecule has 8 nitrogen and oxygen atoms in total. The lowest BCUT2D eigenvalue weighted by Gasteiger charge is -2.34. The van der Waals surface area contributed by atoms with Crippen LogP contribution in [-0.4, -0.2) is 47.0 Å². The van der Waals surface area contributed by atoms with E-state index in [2.05, 4.69) is 11.1 Å². The number of halogens is 1. The third-order valence-electron chi connectivity index (χ3n) is 6.39. The Balaban J connectivity index is 1.26. The van der Waals surface area contributed by atoms with Crippen molar-refractivity contribution in [3.05, 3.63) is 90.1 Å². The van der Waals surface area contributed by atoms with E-state index in [1.54, 1.807) is 35.2 Å². The molecule has 0 saturated carbocycles. The highest BCUT2D eigenvalue weighted by molar-refractivity contribution is 6.07. The fraction of sp³-hybridized carbons (Fsp3) is 0.143. The molecule has 1 amide bonds. The van der Waals surface area contributed by atoms with Gasteiger partial charge in [-0.3, -0.25) is 4.79 Å². The molecule has 9 heteroatoms. The smallest absolute Gasteiger partial charge is 0.266 e. The van der Waals surface area contributed by atoms with Crippen molar-refractivity contribution in [1.82, 2.24) is 14.9 Å². The van der Waals surface area contributed by atoms with Crippen LogP contribution in [0.15, 0.2) is 81.8 Å². The van der Waals surface area contributed by atoms with Gasteiger partial charge in [0.05, 0.1) is 23.0 Å². The molecule has 0 atom stereocenters. The van der Waals surface area contributed by atoms with Crippen molar-refractivity contribution in [2.75, 3.05) is 31.1 Å². The number of oxazole rings is 1. The Bertz CT molecular complexity index is 1630. The molecule has 0 radical (unpaired) electrons. The molecule has 3 aromatic heterocycles. The number of pyridine rings is 1. The van der Waals surface area contributed by atoms with Crippen molar-refractivity contribution in [3.8, 4) is 29.0 Å². The van der Waals surface area contributed by atoms with Crippen LogP contribution in [0, 0.1) is 17.1 Å². The molecule has 6 rings (SSSR count). The Hall–Kier alpha value is -4.97. The average Bonchev–Trinajstić information content (AvgIpc) is 3.63. The zero-order valence-corrected chi connectivity index (χ0v) is 19.6. The van der Waals surface area contributed by atoms with Gasteiger partial charge in [0.2, 0.25) is 11.6 Å². The number of furan rings is 1. The van der Waals surface area contributed by atoms with Crippen molar-refractivity contribution in [3.63, 3.8) is 0 Å². The van der Waals surface area contributed by atoms with E-state index in [0.29, 0.717) is 54.6 Å². The number of amides is 1. The number of para-hydroxylation sites is 1. The Morgan fingerprint density at radius 3 is 2.49 bits per heavy atom. The van der Waals surface area contributed by atoms with Gasteiger partial charge in [0.25, 0.3) is 11.8 Å². The van der Waals surface area contributed by atoms with Crippen LogP contribution in [0.3, 0.4) is 0 Å². The minimum atomic E-state index is -0.332. The van der Waals surface area contributed by atoms with Gasteiger partial charge in [-0.25, -0.2) is 9.37 Å². The number of aromatic nitrogens is 2. The maximum atomic E-state index is 13.7. The number of rotatable bonds is 4. The van der Waals surface area contributed by atoms with Crippen molar-refractivity contribution in [2.24, 2.45) is 0 Å². The summed E-state index contributed by atoms with van der Waals surface area (Å²) in [7, 11) is 0. The number of nitrogens with zero attached hydrogens (tertiary/aromatic N) is 5. The minimum absolute atomic E-state index is 0.115. The molecule has 1 fully saturated rings. The summed E-state index contributed by atoms with van der Waals surface area (Å²) in [6.07, 6.45) is 1.51. The molecule has 0 N–H and O–H groups in total. The summed E-state index contributed by atoms with van der Waals surface area (Å²) >= 11 is 0. The van der Waals surface area contributed by atoms with Gasteiger partial charge in [0, 0.05) is 37.1 Å². The second-order valence-electron chi connectivity index (χ2n) is 8.62. The lowest BCUT2D eigenvalue weighted by Crippen LogP contribution is -2.49. The van der Waals surface area contributed by atoms with Gasteiger partial charge in [-0.15, -0.1) is 0 Å². The van der Waals surface area contributed by atoms with Crippen molar-refractivity contribution >= 4 is 22.7 Å². The van der Waals surface area contributed by atoms with Crippen LogP contribution in [0.2, 0.25) is 0 Å². The van der Waals surface area contributed by atoms with Crippen molar-refractivity contribution < 1.29 is 18.0 Å². The highest BCUT2D eigenvalue weighted by atomic mass is 19.1. The summed E-state index contributed by atoms with van der Waals surface area (Å²) in [6, 6.07) is 20.8. The number of piperazine rings is 1. The highest BCUT2D eigenvalue weighted by Crippen LogP contribution is 2.30.